The minimum atomic E-state index is -4.63. The molecule has 0 atom stereocenters. The molecular weight excluding hydrogens is 229 g/mol. The van der Waals surface area contributed by atoms with Crippen LogP contribution in [-0.4, -0.2) is 6.54 Å². The van der Waals surface area contributed by atoms with E-state index in [-0.39, 0.29) is 5.56 Å². The number of rotatable bonds is 2. The van der Waals surface area contributed by atoms with Gasteiger partial charge in [0.15, 0.2) is 0 Å². The summed E-state index contributed by atoms with van der Waals surface area (Å²) in [5.74, 6) is -3.44. The van der Waals surface area contributed by atoms with Crippen LogP contribution in [0.25, 0.3) is 0 Å². The maximum absolute atomic E-state index is 13.1. The lowest BCUT2D eigenvalue weighted by molar-refractivity contribution is -0.138. The van der Waals surface area contributed by atoms with E-state index < -0.39 is 29.8 Å². The summed E-state index contributed by atoms with van der Waals surface area (Å²) in [4.78, 5) is 0. The lowest BCUT2D eigenvalue weighted by atomic mass is 10.0. The van der Waals surface area contributed by atoms with E-state index in [4.69, 9.17) is 5.73 Å². The molecule has 0 aliphatic heterocycles. The third-order valence-electron chi connectivity index (χ3n) is 2.22. The number of halogens is 5. The summed E-state index contributed by atoms with van der Waals surface area (Å²) in [5.41, 5.74) is 2.94. The van der Waals surface area contributed by atoms with Crippen LogP contribution in [0.1, 0.15) is 16.7 Å². The summed E-state index contributed by atoms with van der Waals surface area (Å²) in [6, 6.07) is 2.42. The topological polar surface area (TPSA) is 26.0 Å². The lowest BCUT2D eigenvalue weighted by Crippen LogP contribution is -2.25. The Hall–Kier alpha value is -1.17. The molecule has 0 unspecified atom stereocenters. The molecule has 2 N–H and O–H groups in total. The molecular formula is C10H10F5N. The van der Waals surface area contributed by atoms with Crippen LogP contribution >= 0.6 is 0 Å². The van der Waals surface area contributed by atoms with Gasteiger partial charge in [-0.05, 0) is 18.6 Å². The molecule has 0 aliphatic rings. The molecule has 0 saturated carbocycles. The van der Waals surface area contributed by atoms with Crippen molar-refractivity contribution < 1.29 is 22.0 Å². The second-order valence-electron chi connectivity index (χ2n) is 3.44. The molecule has 90 valence electrons. The Morgan fingerprint density at radius 2 is 1.69 bits per heavy atom. The van der Waals surface area contributed by atoms with E-state index >= 15 is 0 Å². The summed E-state index contributed by atoms with van der Waals surface area (Å²) in [6.45, 7) is 0.195. The predicted molar refractivity (Wildman–Crippen MR) is 49.1 cm³/mol. The lowest BCUT2D eigenvalue weighted by Gasteiger charge is -2.17. The number of nitrogens with two attached hydrogens (primary N) is 1. The highest BCUT2D eigenvalue weighted by atomic mass is 19.4. The van der Waals surface area contributed by atoms with Gasteiger partial charge in [-0.1, -0.05) is 12.1 Å². The van der Waals surface area contributed by atoms with E-state index in [9.17, 15) is 22.0 Å². The van der Waals surface area contributed by atoms with Gasteiger partial charge in [0.2, 0.25) is 0 Å². The van der Waals surface area contributed by atoms with E-state index in [2.05, 4.69) is 0 Å². The second kappa shape index (κ2) is 4.01. The zero-order chi connectivity index (χ0) is 12.6. The summed E-state index contributed by atoms with van der Waals surface area (Å²) < 4.78 is 63.5. The van der Waals surface area contributed by atoms with Gasteiger partial charge in [0.1, 0.15) is 0 Å². The molecule has 1 aromatic carbocycles. The smallest absolute Gasteiger partial charge is 0.325 e. The van der Waals surface area contributed by atoms with Gasteiger partial charge in [-0.2, -0.15) is 22.0 Å². The second-order valence-corrected chi connectivity index (χ2v) is 3.44. The minimum absolute atomic E-state index is 0.0935. The molecule has 0 spiro atoms. The highest BCUT2D eigenvalue weighted by Gasteiger charge is 2.36. The van der Waals surface area contributed by atoms with Crippen LogP contribution in [0, 0.1) is 6.92 Å². The van der Waals surface area contributed by atoms with Gasteiger partial charge >= 0.3 is 6.18 Å². The van der Waals surface area contributed by atoms with Gasteiger partial charge in [-0.25, -0.2) is 0 Å². The molecule has 1 nitrogen and oxygen atoms in total. The molecule has 0 aromatic heterocycles. The molecule has 16 heavy (non-hydrogen) atoms. The molecule has 0 bridgehead atoms. The third-order valence-corrected chi connectivity index (χ3v) is 2.22. The summed E-state index contributed by atoms with van der Waals surface area (Å²) >= 11 is 0. The van der Waals surface area contributed by atoms with Crippen LogP contribution in [0.4, 0.5) is 22.0 Å². The number of benzene rings is 1. The molecule has 1 aromatic rings. The zero-order valence-corrected chi connectivity index (χ0v) is 8.41. The average Bonchev–Trinajstić information content (AvgIpc) is 2.16. The van der Waals surface area contributed by atoms with Crippen molar-refractivity contribution in [3.63, 3.8) is 0 Å². The van der Waals surface area contributed by atoms with Gasteiger partial charge in [-0.3, -0.25) is 0 Å². The first-order valence-corrected chi connectivity index (χ1v) is 4.44. The van der Waals surface area contributed by atoms with Crippen molar-refractivity contribution in [1.29, 1.82) is 0 Å². The summed E-state index contributed by atoms with van der Waals surface area (Å²) in [7, 11) is 0. The van der Waals surface area contributed by atoms with Crippen molar-refractivity contribution in [2.24, 2.45) is 5.73 Å². The summed E-state index contributed by atoms with van der Waals surface area (Å²) in [6.07, 6.45) is -4.63. The molecule has 0 amide bonds. The first-order valence-electron chi connectivity index (χ1n) is 4.44. The highest BCUT2D eigenvalue weighted by molar-refractivity contribution is 5.35. The Balaban J connectivity index is 3.29. The van der Waals surface area contributed by atoms with E-state index in [1.807, 2.05) is 0 Å². The number of hydrogen-bond acceptors (Lipinski definition) is 1. The quantitative estimate of drug-likeness (QED) is 0.788. The molecule has 0 aliphatic carbocycles. The number of aryl methyl sites for hydroxylation is 1. The van der Waals surface area contributed by atoms with Crippen LogP contribution in [0.5, 0.6) is 0 Å². The van der Waals surface area contributed by atoms with Gasteiger partial charge in [0.25, 0.3) is 5.92 Å². The Morgan fingerprint density at radius 3 is 2.12 bits per heavy atom. The Kier molecular flexibility index (Phi) is 3.23. The minimum Gasteiger partial charge on any atom is -0.325 e. The zero-order valence-electron chi connectivity index (χ0n) is 8.41. The molecule has 6 heteroatoms. The van der Waals surface area contributed by atoms with E-state index in [1.165, 1.54) is 6.92 Å². The van der Waals surface area contributed by atoms with Crippen molar-refractivity contribution in [1.82, 2.24) is 0 Å². The molecule has 0 radical (unpaired) electrons. The van der Waals surface area contributed by atoms with E-state index in [0.717, 1.165) is 12.1 Å². The van der Waals surface area contributed by atoms with Crippen molar-refractivity contribution >= 4 is 0 Å². The van der Waals surface area contributed by atoms with Crippen molar-refractivity contribution in [3.05, 3.63) is 34.9 Å². The number of alkyl halides is 5. The first-order chi connectivity index (χ1) is 7.18. The van der Waals surface area contributed by atoms with Crippen LogP contribution in [0.15, 0.2) is 18.2 Å². The molecule has 1 rings (SSSR count). The Bertz CT molecular complexity index is 383. The van der Waals surface area contributed by atoms with E-state index in [0.29, 0.717) is 6.07 Å². The van der Waals surface area contributed by atoms with Gasteiger partial charge in [-0.15, -0.1) is 0 Å². The van der Waals surface area contributed by atoms with Crippen LogP contribution in [0.2, 0.25) is 0 Å². The normalized spacial score (nSPS) is 12.9. The number of hydrogen-bond donors (Lipinski definition) is 1. The van der Waals surface area contributed by atoms with Gasteiger partial charge in [0.05, 0.1) is 12.1 Å². The third kappa shape index (κ3) is 2.49. The fourth-order valence-corrected chi connectivity index (χ4v) is 1.27. The van der Waals surface area contributed by atoms with Crippen molar-refractivity contribution in [3.8, 4) is 0 Å². The molecule has 0 heterocycles. The van der Waals surface area contributed by atoms with Gasteiger partial charge in [0, 0.05) is 5.56 Å². The molecule has 0 fully saturated rings. The average molecular weight is 239 g/mol. The maximum Gasteiger partial charge on any atom is 0.416 e. The van der Waals surface area contributed by atoms with Crippen LogP contribution in [0.3, 0.4) is 0 Å². The van der Waals surface area contributed by atoms with Crippen molar-refractivity contribution in [2.75, 3.05) is 6.54 Å². The molecule has 0 saturated heterocycles. The fourth-order valence-electron chi connectivity index (χ4n) is 1.27. The van der Waals surface area contributed by atoms with Crippen LogP contribution in [-0.2, 0) is 12.1 Å². The monoisotopic (exact) mass is 239 g/mol. The standard InChI is InChI=1S/C10H10F5N/c1-6-2-3-7(9(11,12)5-16)4-8(6)10(13,14)15/h2-4H,5,16H2,1H3. The van der Waals surface area contributed by atoms with Crippen LogP contribution < -0.4 is 5.73 Å². The highest BCUT2D eigenvalue weighted by Crippen LogP contribution is 2.35. The maximum atomic E-state index is 13.1. The SMILES string of the molecule is Cc1ccc(C(F)(F)CN)cc1C(F)(F)F. The fraction of sp³-hybridized carbons (Fsp3) is 0.400. The Labute approximate surface area is 89.1 Å². The largest absolute Gasteiger partial charge is 0.416 e. The van der Waals surface area contributed by atoms with Gasteiger partial charge < -0.3 is 5.73 Å². The first kappa shape index (κ1) is 12.9. The predicted octanol–water partition coefficient (Wildman–Crippen LogP) is 3.06. The Morgan fingerprint density at radius 1 is 1.12 bits per heavy atom. The van der Waals surface area contributed by atoms with Crippen molar-refractivity contribution in [2.45, 2.75) is 19.0 Å². The van der Waals surface area contributed by atoms with E-state index in [1.54, 1.807) is 0 Å². The summed E-state index contributed by atoms with van der Waals surface area (Å²) in [5, 5.41) is 0.